The van der Waals surface area contributed by atoms with Gasteiger partial charge in [-0.25, -0.2) is 8.78 Å². The fourth-order valence-electron chi connectivity index (χ4n) is 3.86. The van der Waals surface area contributed by atoms with Crippen LogP contribution in [0.5, 0.6) is 0 Å². The molecule has 4 rings (SSSR count). The average molecular weight is 430 g/mol. The Morgan fingerprint density at radius 3 is 2.53 bits per heavy atom. The molecule has 1 aromatic heterocycles. The van der Waals surface area contributed by atoms with Crippen molar-refractivity contribution in [1.82, 2.24) is 0 Å². The molecule has 160 valence electrons. The molecule has 0 unspecified atom stereocenters. The van der Waals surface area contributed by atoms with Crippen LogP contribution in [-0.2, 0) is 0 Å². The summed E-state index contributed by atoms with van der Waals surface area (Å²) in [6.07, 6.45) is 0. The first-order valence-electron chi connectivity index (χ1n) is 10.1. The SMILES string of the molecule is Cc1cc([C@@H](C)Nc2cccc(F)c2C#N)c2oc(-c3cccc(F)c3)c(C)c(=O)c2c1. The van der Waals surface area contributed by atoms with E-state index in [4.69, 9.17) is 4.42 Å². The first kappa shape index (κ1) is 21.3. The molecule has 1 N–H and O–H groups in total. The number of hydrogen-bond donors (Lipinski definition) is 1. The Morgan fingerprint density at radius 2 is 1.81 bits per heavy atom. The van der Waals surface area contributed by atoms with Crippen molar-refractivity contribution in [3.05, 3.63) is 98.7 Å². The third-order valence-corrected chi connectivity index (χ3v) is 5.44. The lowest BCUT2D eigenvalue weighted by Crippen LogP contribution is -2.13. The van der Waals surface area contributed by atoms with Crippen molar-refractivity contribution < 1.29 is 13.2 Å². The average Bonchev–Trinajstić information content (AvgIpc) is 2.76. The molecule has 4 nitrogen and oxygen atoms in total. The van der Waals surface area contributed by atoms with Gasteiger partial charge in [-0.2, -0.15) is 5.26 Å². The summed E-state index contributed by atoms with van der Waals surface area (Å²) >= 11 is 0. The van der Waals surface area contributed by atoms with E-state index >= 15 is 0 Å². The first-order valence-corrected chi connectivity index (χ1v) is 10.1. The minimum absolute atomic E-state index is 0.0888. The van der Waals surface area contributed by atoms with Crippen molar-refractivity contribution >= 4 is 16.7 Å². The molecule has 32 heavy (non-hydrogen) atoms. The lowest BCUT2D eigenvalue weighted by Gasteiger charge is -2.19. The maximum absolute atomic E-state index is 14.0. The van der Waals surface area contributed by atoms with Crippen LogP contribution < -0.4 is 10.7 Å². The summed E-state index contributed by atoms with van der Waals surface area (Å²) in [6.45, 7) is 5.36. The molecule has 6 heteroatoms. The van der Waals surface area contributed by atoms with E-state index in [1.54, 1.807) is 31.2 Å². The van der Waals surface area contributed by atoms with Gasteiger partial charge in [-0.1, -0.05) is 24.3 Å². The minimum atomic E-state index is -0.616. The fourth-order valence-corrected chi connectivity index (χ4v) is 3.86. The van der Waals surface area contributed by atoms with Crippen LogP contribution in [0.1, 0.15) is 35.2 Å². The Kier molecular flexibility index (Phi) is 5.50. The van der Waals surface area contributed by atoms with E-state index in [2.05, 4.69) is 5.32 Å². The van der Waals surface area contributed by atoms with Gasteiger partial charge in [0, 0.05) is 16.7 Å². The number of nitrogens with zero attached hydrogens (tertiary/aromatic N) is 1. The van der Waals surface area contributed by atoms with E-state index in [0.717, 1.165) is 5.56 Å². The third kappa shape index (κ3) is 3.74. The molecule has 0 bridgehead atoms. The highest BCUT2D eigenvalue weighted by Crippen LogP contribution is 2.33. The second-order valence-corrected chi connectivity index (χ2v) is 7.77. The van der Waals surface area contributed by atoms with Crippen LogP contribution in [0.25, 0.3) is 22.3 Å². The highest BCUT2D eigenvalue weighted by molar-refractivity contribution is 5.84. The molecule has 0 saturated carbocycles. The van der Waals surface area contributed by atoms with E-state index in [1.807, 2.05) is 26.0 Å². The van der Waals surface area contributed by atoms with Gasteiger partial charge in [0.25, 0.3) is 0 Å². The first-order chi connectivity index (χ1) is 15.3. The quantitative estimate of drug-likeness (QED) is 0.407. The Morgan fingerprint density at radius 1 is 1.06 bits per heavy atom. The predicted molar refractivity (Wildman–Crippen MR) is 121 cm³/mol. The number of aryl methyl sites for hydroxylation is 1. The standard InChI is InChI=1S/C26H20F2N2O2/c1-14-10-19(16(3)30-23-9-5-8-22(28)21(23)13-29)26-20(11-14)24(31)15(2)25(32-26)17-6-4-7-18(27)12-17/h4-12,16,30H,1-3H3/t16-/m1/s1. The molecule has 1 atom stereocenters. The zero-order valence-corrected chi connectivity index (χ0v) is 17.8. The molecular weight excluding hydrogens is 410 g/mol. The molecule has 0 spiro atoms. The van der Waals surface area contributed by atoms with Crippen LogP contribution in [0.2, 0.25) is 0 Å². The van der Waals surface area contributed by atoms with Crippen LogP contribution in [-0.4, -0.2) is 0 Å². The van der Waals surface area contributed by atoms with Crippen molar-refractivity contribution in [3.63, 3.8) is 0 Å². The van der Waals surface area contributed by atoms with Crippen LogP contribution in [0.15, 0.2) is 63.8 Å². The second-order valence-electron chi connectivity index (χ2n) is 7.77. The smallest absolute Gasteiger partial charge is 0.196 e. The molecule has 0 aliphatic heterocycles. The van der Waals surface area contributed by atoms with Gasteiger partial charge in [-0.15, -0.1) is 0 Å². The van der Waals surface area contributed by atoms with Crippen LogP contribution in [0.4, 0.5) is 14.5 Å². The Balaban J connectivity index is 1.91. The van der Waals surface area contributed by atoms with E-state index in [-0.39, 0.29) is 11.0 Å². The van der Waals surface area contributed by atoms with Crippen molar-refractivity contribution in [1.29, 1.82) is 5.26 Å². The Bertz CT molecular complexity index is 1450. The maximum Gasteiger partial charge on any atom is 0.196 e. The number of hydrogen-bond acceptors (Lipinski definition) is 4. The molecule has 0 radical (unpaired) electrons. The molecule has 4 aromatic rings. The number of nitriles is 1. The van der Waals surface area contributed by atoms with Crippen molar-refractivity contribution in [3.8, 4) is 17.4 Å². The lowest BCUT2D eigenvalue weighted by molar-refractivity contribution is 0.600. The van der Waals surface area contributed by atoms with Crippen molar-refractivity contribution in [2.75, 3.05) is 5.32 Å². The predicted octanol–water partition coefficient (Wildman–Crippen LogP) is 6.40. The van der Waals surface area contributed by atoms with E-state index in [0.29, 0.717) is 39.1 Å². The van der Waals surface area contributed by atoms with Gasteiger partial charge < -0.3 is 9.73 Å². The Hall–Kier alpha value is -3.98. The molecule has 0 saturated heterocycles. The zero-order chi connectivity index (χ0) is 23.0. The van der Waals surface area contributed by atoms with Gasteiger partial charge in [-0.05, 0) is 56.7 Å². The fraction of sp³-hybridized carbons (Fsp3) is 0.154. The van der Waals surface area contributed by atoms with Crippen LogP contribution >= 0.6 is 0 Å². The lowest BCUT2D eigenvalue weighted by atomic mass is 9.98. The largest absolute Gasteiger partial charge is 0.455 e. The molecule has 0 aliphatic rings. The van der Waals surface area contributed by atoms with Gasteiger partial charge in [-0.3, -0.25) is 4.79 Å². The van der Waals surface area contributed by atoms with Gasteiger partial charge in [0.05, 0.1) is 17.1 Å². The third-order valence-electron chi connectivity index (χ3n) is 5.44. The van der Waals surface area contributed by atoms with Crippen LogP contribution in [0.3, 0.4) is 0 Å². The van der Waals surface area contributed by atoms with Gasteiger partial charge >= 0.3 is 0 Å². The summed E-state index contributed by atoms with van der Waals surface area (Å²) in [5.74, 6) is -0.754. The molecule has 0 aliphatic carbocycles. The Labute approximate surface area is 183 Å². The number of halogens is 2. The number of benzene rings is 3. The monoisotopic (exact) mass is 430 g/mol. The van der Waals surface area contributed by atoms with Crippen molar-refractivity contribution in [2.45, 2.75) is 26.8 Å². The molecule has 0 amide bonds. The summed E-state index contributed by atoms with van der Waals surface area (Å²) in [5.41, 5.74) is 2.78. The molecule has 3 aromatic carbocycles. The summed E-state index contributed by atoms with van der Waals surface area (Å²) in [7, 11) is 0. The highest BCUT2D eigenvalue weighted by Gasteiger charge is 2.20. The molecular formula is C26H20F2N2O2. The maximum atomic E-state index is 14.0. The molecule has 1 heterocycles. The van der Waals surface area contributed by atoms with Crippen molar-refractivity contribution in [2.24, 2.45) is 0 Å². The second kappa shape index (κ2) is 8.27. The van der Waals surface area contributed by atoms with Gasteiger partial charge in [0.15, 0.2) is 5.43 Å². The number of anilines is 1. The van der Waals surface area contributed by atoms with Gasteiger partial charge in [0.1, 0.15) is 34.6 Å². The number of nitrogens with one attached hydrogen (secondary N) is 1. The zero-order valence-electron chi connectivity index (χ0n) is 17.8. The summed E-state index contributed by atoms with van der Waals surface area (Å²) < 4.78 is 34.1. The summed E-state index contributed by atoms with van der Waals surface area (Å²) in [5, 5.41) is 12.9. The number of fused-ring (bicyclic) bond motifs is 1. The van der Waals surface area contributed by atoms with E-state index in [1.165, 1.54) is 24.3 Å². The van der Waals surface area contributed by atoms with E-state index in [9.17, 15) is 18.8 Å². The highest BCUT2D eigenvalue weighted by atomic mass is 19.1. The van der Waals surface area contributed by atoms with Crippen LogP contribution in [0, 0.1) is 36.8 Å². The topological polar surface area (TPSA) is 66.0 Å². The summed E-state index contributed by atoms with van der Waals surface area (Å²) in [4.78, 5) is 13.2. The van der Waals surface area contributed by atoms with E-state index < -0.39 is 17.7 Å². The summed E-state index contributed by atoms with van der Waals surface area (Å²) in [6, 6.07) is 15.3. The molecule has 0 fully saturated rings. The normalized spacial score (nSPS) is 11.9. The minimum Gasteiger partial charge on any atom is -0.455 e. The number of rotatable bonds is 4. The van der Waals surface area contributed by atoms with Gasteiger partial charge in [0.2, 0.25) is 0 Å².